The first-order valence-corrected chi connectivity index (χ1v) is 4.75. The molecule has 1 aliphatic rings. The summed E-state index contributed by atoms with van der Waals surface area (Å²) in [6.45, 7) is 0. The number of benzene rings is 1. The summed E-state index contributed by atoms with van der Waals surface area (Å²) in [7, 11) is 0. The fraction of sp³-hybridized carbons (Fsp3) is 0.300. The third-order valence-corrected chi connectivity index (χ3v) is 2.57. The van der Waals surface area contributed by atoms with Crippen LogP contribution in [-0.4, -0.2) is 18.0 Å². The van der Waals surface area contributed by atoms with E-state index in [1.165, 1.54) is 0 Å². The van der Waals surface area contributed by atoms with Crippen LogP contribution in [0.15, 0.2) is 6.07 Å². The lowest BCUT2D eigenvalue weighted by atomic mass is 9.96. The molecule has 0 saturated heterocycles. The molecule has 18 heavy (non-hydrogen) atoms. The molecule has 0 aromatic heterocycles. The Morgan fingerprint density at radius 3 is 2.33 bits per heavy atom. The van der Waals surface area contributed by atoms with Crippen molar-refractivity contribution in [2.45, 2.75) is 18.6 Å². The van der Waals surface area contributed by atoms with Crippen LogP contribution in [0.5, 0.6) is 0 Å². The summed E-state index contributed by atoms with van der Waals surface area (Å²) < 4.78 is 76.3. The van der Waals surface area contributed by atoms with E-state index in [0.717, 1.165) is 0 Å². The van der Waals surface area contributed by atoms with Crippen LogP contribution in [-0.2, 0) is 0 Å². The van der Waals surface area contributed by atoms with E-state index in [1.54, 1.807) is 5.32 Å². The number of carbonyl (C=O) groups is 1. The number of halogens is 6. The first-order valence-electron chi connectivity index (χ1n) is 4.75. The maximum Gasteiger partial charge on any atom is 0.408 e. The second-order valence-electron chi connectivity index (χ2n) is 3.77. The highest BCUT2D eigenvalue weighted by molar-refractivity contribution is 6.03. The van der Waals surface area contributed by atoms with Gasteiger partial charge in [-0.25, -0.2) is 13.2 Å². The van der Waals surface area contributed by atoms with Crippen molar-refractivity contribution >= 4 is 11.5 Å². The van der Waals surface area contributed by atoms with Gasteiger partial charge in [-0.3, -0.25) is 4.79 Å². The van der Waals surface area contributed by atoms with E-state index in [0.29, 0.717) is 6.07 Å². The monoisotopic (exact) mass is 269 g/mol. The van der Waals surface area contributed by atoms with Gasteiger partial charge in [-0.2, -0.15) is 13.2 Å². The van der Waals surface area contributed by atoms with Crippen molar-refractivity contribution in [3.8, 4) is 0 Å². The van der Waals surface area contributed by atoms with Crippen molar-refractivity contribution in [1.29, 1.82) is 0 Å². The Morgan fingerprint density at radius 1 is 1.17 bits per heavy atom. The Kier molecular flexibility index (Phi) is 2.75. The van der Waals surface area contributed by atoms with Crippen molar-refractivity contribution in [1.82, 2.24) is 0 Å². The predicted molar refractivity (Wildman–Crippen MR) is 48.7 cm³/mol. The molecule has 1 aromatic carbocycles. The molecule has 2 rings (SSSR count). The summed E-state index contributed by atoms with van der Waals surface area (Å²) in [4.78, 5) is 11.4. The summed E-state index contributed by atoms with van der Waals surface area (Å²) in [6.07, 6.45) is -5.77. The van der Waals surface area contributed by atoms with Crippen molar-refractivity contribution in [2.75, 3.05) is 5.32 Å². The lowest BCUT2D eigenvalue weighted by Crippen LogP contribution is -2.42. The van der Waals surface area contributed by atoms with Crippen LogP contribution in [0.25, 0.3) is 0 Å². The average molecular weight is 269 g/mol. The number of ketones is 1. The first kappa shape index (κ1) is 12.7. The molecule has 0 aliphatic carbocycles. The van der Waals surface area contributed by atoms with E-state index in [2.05, 4.69) is 0 Å². The Labute approximate surface area is 96.6 Å². The van der Waals surface area contributed by atoms with Crippen LogP contribution in [0.2, 0.25) is 0 Å². The molecule has 98 valence electrons. The van der Waals surface area contributed by atoms with Gasteiger partial charge in [0.1, 0.15) is 6.04 Å². The average Bonchev–Trinajstić information content (AvgIpc) is 2.26. The minimum absolute atomic E-state index is 0.385. The standard InChI is InChI=1S/C10H5F6NO/c11-4-1-3-5(18)2-6(10(14,15)16)17-9(3)8(13)7(4)12/h1,6,17H,2H2. The number of fused-ring (bicyclic) bond motifs is 1. The van der Waals surface area contributed by atoms with Crippen LogP contribution < -0.4 is 5.32 Å². The lowest BCUT2D eigenvalue weighted by Gasteiger charge is -2.28. The van der Waals surface area contributed by atoms with E-state index in [9.17, 15) is 31.1 Å². The highest BCUT2D eigenvalue weighted by atomic mass is 19.4. The van der Waals surface area contributed by atoms with Crippen LogP contribution in [0.4, 0.5) is 32.0 Å². The third kappa shape index (κ3) is 1.91. The summed E-state index contributed by atoms with van der Waals surface area (Å²) in [5.41, 5.74) is -1.57. The molecule has 1 aliphatic heterocycles. The zero-order chi connectivity index (χ0) is 13.7. The maximum absolute atomic E-state index is 13.3. The molecule has 1 unspecified atom stereocenters. The van der Waals surface area contributed by atoms with E-state index < -0.39 is 53.1 Å². The fourth-order valence-corrected chi connectivity index (χ4v) is 1.67. The topological polar surface area (TPSA) is 29.1 Å². The summed E-state index contributed by atoms with van der Waals surface area (Å²) >= 11 is 0. The molecule has 1 heterocycles. The van der Waals surface area contributed by atoms with Crippen molar-refractivity contribution in [3.05, 3.63) is 29.1 Å². The molecular weight excluding hydrogens is 264 g/mol. The smallest absolute Gasteiger partial charge is 0.371 e. The Balaban J connectivity index is 2.54. The molecule has 0 fully saturated rings. The van der Waals surface area contributed by atoms with Gasteiger partial charge in [-0.15, -0.1) is 0 Å². The SMILES string of the molecule is O=C1CC(C(F)(F)F)Nc2c1cc(F)c(F)c2F. The normalized spacial score (nSPS) is 19.4. The van der Waals surface area contributed by atoms with Crippen LogP contribution >= 0.6 is 0 Å². The van der Waals surface area contributed by atoms with Gasteiger partial charge in [-0.05, 0) is 6.07 Å². The van der Waals surface area contributed by atoms with Gasteiger partial charge >= 0.3 is 6.18 Å². The zero-order valence-electron chi connectivity index (χ0n) is 8.54. The lowest BCUT2D eigenvalue weighted by molar-refractivity contribution is -0.142. The fourth-order valence-electron chi connectivity index (χ4n) is 1.67. The number of hydrogen-bond acceptors (Lipinski definition) is 2. The van der Waals surface area contributed by atoms with Crippen LogP contribution in [0.1, 0.15) is 16.8 Å². The second-order valence-corrected chi connectivity index (χ2v) is 3.77. The van der Waals surface area contributed by atoms with Gasteiger partial charge in [0.2, 0.25) is 0 Å². The van der Waals surface area contributed by atoms with E-state index >= 15 is 0 Å². The van der Waals surface area contributed by atoms with Gasteiger partial charge in [0.15, 0.2) is 23.2 Å². The van der Waals surface area contributed by atoms with Crippen LogP contribution in [0.3, 0.4) is 0 Å². The summed E-state index contributed by atoms with van der Waals surface area (Å²) in [6, 6.07) is -1.92. The quantitative estimate of drug-likeness (QED) is 0.579. The third-order valence-electron chi connectivity index (χ3n) is 2.57. The second kappa shape index (κ2) is 3.89. The molecule has 0 amide bonds. The van der Waals surface area contributed by atoms with Gasteiger partial charge in [0.05, 0.1) is 5.69 Å². The maximum atomic E-state index is 13.3. The van der Waals surface area contributed by atoms with Gasteiger partial charge in [-0.1, -0.05) is 0 Å². The minimum Gasteiger partial charge on any atom is -0.371 e. The number of hydrogen-bond donors (Lipinski definition) is 1. The Morgan fingerprint density at radius 2 is 1.78 bits per heavy atom. The number of rotatable bonds is 0. The van der Waals surface area contributed by atoms with Gasteiger partial charge in [0, 0.05) is 12.0 Å². The molecule has 0 spiro atoms. The molecule has 0 radical (unpaired) electrons. The largest absolute Gasteiger partial charge is 0.408 e. The van der Waals surface area contributed by atoms with Gasteiger partial charge < -0.3 is 5.32 Å². The highest BCUT2D eigenvalue weighted by Gasteiger charge is 2.45. The number of Topliss-reactive ketones (excluding diaryl/α,β-unsaturated/α-hetero) is 1. The van der Waals surface area contributed by atoms with E-state index in [4.69, 9.17) is 0 Å². The van der Waals surface area contributed by atoms with Crippen molar-refractivity contribution in [2.24, 2.45) is 0 Å². The minimum atomic E-state index is -4.79. The van der Waals surface area contributed by atoms with E-state index in [-0.39, 0.29) is 0 Å². The van der Waals surface area contributed by atoms with Crippen molar-refractivity contribution in [3.63, 3.8) is 0 Å². The van der Waals surface area contributed by atoms with Crippen molar-refractivity contribution < 1.29 is 31.1 Å². The molecule has 1 aromatic rings. The predicted octanol–water partition coefficient (Wildman–Crippen LogP) is 3.03. The Hall–Kier alpha value is -1.73. The molecular formula is C10H5F6NO. The van der Waals surface area contributed by atoms with Crippen LogP contribution in [0, 0.1) is 17.5 Å². The molecule has 1 atom stereocenters. The highest BCUT2D eigenvalue weighted by Crippen LogP contribution is 2.35. The molecule has 0 saturated carbocycles. The number of carbonyl (C=O) groups excluding carboxylic acids is 1. The molecule has 8 heteroatoms. The Bertz CT molecular complexity index is 524. The van der Waals surface area contributed by atoms with Gasteiger partial charge in [0.25, 0.3) is 0 Å². The summed E-state index contributed by atoms with van der Waals surface area (Å²) in [5, 5.41) is 1.68. The molecule has 0 bridgehead atoms. The number of nitrogens with one attached hydrogen (secondary N) is 1. The zero-order valence-corrected chi connectivity index (χ0v) is 8.54. The number of anilines is 1. The first-order chi connectivity index (χ1) is 8.21. The molecule has 1 N–H and O–H groups in total. The summed E-state index contributed by atoms with van der Waals surface area (Å²) in [5.74, 6) is -6.46. The number of alkyl halides is 3. The molecule has 2 nitrogen and oxygen atoms in total. The van der Waals surface area contributed by atoms with E-state index in [1.807, 2.05) is 0 Å².